The van der Waals surface area contributed by atoms with Crippen LogP contribution in [-0.2, 0) is 19.3 Å². The van der Waals surface area contributed by atoms with Crippen molar-refractivity contribution < 1.29 is 9.53 Å². The molecule has 0 saturated carbocycles. The summed E-state index contributed by atoms with van der Waals surface area (Å²) in [6.07, 6.45) is 3.67. The first-order chi connectivity index (χ1) is 10.2. The van der Waals surface area contributed by atoms with Crippen LogP contribution >= 0.6 is 0 Å². The summed E-state index contributed by atoms with van der Waals surface area (Å²) >= 11 is 0. The molecule has 0 spiro atoms. The lowest BCUT2D eigenvalue weighted by atomic mass is 9.80. The Morgan fingerprint density at radius 1 is 0.952 bits per heavy atom. The number of methoxy groups -OCH3 is 1. The molecule has 2 nitrogen and oxygen atoms in total. The van der Waals surface area contributed by atoms with E-state index < -0.39 is 0 Å². The zero-order chi connectivity index (χ0) is 14.6. The van der Waals surface area contributed by atoms with Crippen LogP contribution in [0.4, 0.5) is 0 Å². The lowest BCUT2D eigenvalue weighted by Crippen LogP contribution is -2.09. The SMILES string of the molecule is COc1ccc2c(c1)CCc1c3c(cc(C)c1-2)C(=O)CC3. The number of Topliss-reactive ketones (excluding diaryl/α,β-unsaturated/α-hetero) is 1. The average molecular weight is 278 g/mol. The fourth-order valence-electron chi connectivity index (χ4n) is 3.89. The average Bonchev–Trinajstić information content (AvgIpc) is 2.87. The molecule has 106 valence electrons. The van der Waals surface area contributed by atoms with Crippen LogP contribution in [-0.4, -0.2) is 12.9 Å². The smallest absolute Gasteiger partial charge is 0.163 e. The fourth-order valence-corrected chi connectivity index (χ4v) is 3.89. The van der Waals surface area contributed by atoms with Gasteiger partial charge in [0.25, 0.3) is 0 Å². The summed E-state index contributed by atoms with van der Waals surface area (Å²) in [6.45, 7) is 2.13. The summed E-state index contributed by atoms with van der Waals surface area (Å²) < 4.78 is 5.34. The summed E-state index contributed by atoms with van der Waals surface area (Å²) in [7, 11) is 1.71. The van der Waals surface area contributed by atoms with Gasteiger partial charge >= 0.3 is 0 Å². The highest BCUT2D eigenvalue weighted by atomic mass is 16.5. The van der Waals surface area contributed by atoms with Gasteiger partial charge < -0.3 is 4.74 Å². The van der Waals surface area contributed by atoms with Gasteiger partial charge in [-0.3, -0.25) is 4.79 Å². The zero-order valence-corrected chi connectivity index (χ0v) is 12.5. The molecular weight excluding hydrogens is 260 g/mol. The Hall–Kier alpha value is -2.09. The second kappa shape index (κ2) is 4.45. The number of benzene rings is 2. The highest BCUT2D eigenvalue weighted by Crippen LogP contribution is 2.42. The number of hydrogen-bond acceptors (Lipinski definition) is 2. The maximum absolute atomic E-state index is 12.0. The van der Waals surface area contributed by atoms with E-state index >= 15 is 0 Å². The van der Waals surface area contributed by atoms with Crippen molar-refractivity contribution in [2.45, 2.75) is 32.6 Å². The van der Waals surface area contributed by atoms with Crippen LogP contribution in [0.15, 0.2) is 24.3 Å². The van der Waals surface area contributed by atoms with Gasteiger partial charge in [0.1, 0.15) is 5.75 Å². The third-order valence-corrected chi connectivity index (χ3v) is 4.87. The number of fused-ring (bicyclic) bond motifs is 5. The van der Waals surface area contributed by atoms with E-state index in [-0.39, 0.29) is 0 Å². The molecule has 0 bridgehead atoms. The Bertz CT molecular complexity index is 772. The van der Waals surface area contributed by atoms with Crippen molar-refractivity contribution in [3.05, 3.63) is 52.1 Å². The maximum Gasteiger partial charge on any atom is 0.163 e. The molecule has 2 aromatic rings. The molecule has 2 aliphatic carbocycles. The molecule has 0 aromatic heterocycles. The topological polar surface area (TPSA) is 26.3 Å². The number of aryl methyl sites for hydroxylation is 2. The second-order valence-electron chi connectivity index (χ2n) is 6.02. The lowest BCUT2D eigenvalue weighted by molar-refractivity contribution is 0.0994. The van der Waals surface area contributed by atoms with Gasteiger partial charge in [-0.1, -0.05) is 6.07 Å². The number of hydrogen-bond donors (Lipinski definition) is 0. The molecular formula is C19H18O2. The van der Waals surface area contributed by atoms with Crippen molar-refractivity contribution in [2.24, 2.45) is 0 Å². The van der Waals surface area contributed by atoms with Crippen molar-refractivity contribution >= 4 is 5.78 Å². The van der Waals surface area contributed by atoms with Crippen LogP contribution < -0.4 is 4.74 Å². The molecule has 2 aliphatic rings. The van der Waals surface area contributed by atoms with Gasteiger partial charge in [0, 0.05) is 12.0 Å². The van der Waals surface area contributed by atoms with Crippen LogP contribution in [0, 0.1) is 6.92 Å². The summed E-state index contributed by atoms with van der Waals surface area (Å²) in [6, 6.07) is 8.45. The summed E-state index contributed by atoms with van der Waals surface area (Å²) in [5.74, 6) is 1.24. The predicted octanol–water partition coefficient (Wildman–Crippen LogP) is 3.90. The van der Waals surface area contributed by atoms with Crippen LogP contribution in [0.1, 0.15) is 39.0 Å². The monoisotopic (exact) mass is 278 g/mol. The molecule has 0 heterocycles. The lowest BCUT2D eigenvalue weighted by Gasteiger charge is -2.25. The van der Waals surface area contributed by atoms with Crippen molar-refractivity contribution in [1.29, 1.82) is 0 Å². The first-order valence-electron chi connectivity index (χ1n) is 7.55. The van der Waals surface area contributed by atoms with Gasteiger partial charge in [-0.05, 0) is 77.8 Å². The molecule has 0 radical (unpaired) electrons. The Balaban J connectivity index is 1.98. The first kappa shape index (κ1) is 12.6. The number of rotatable bonds is 1. The van der Waals surface area contributed by atoms with Crippen molar-refractivity contribution in [3.8, 4) is 16.9 Å². The van der Waals surface area contributed by atoms with E-state index in [1.54, 1.807) is 7.11 Å². The van der Waals surface area contributed by atoms with Gasteiger partial charge in [0.15, 0.2) is 5.78 Å². The van der Waals surface area contributed by atoms with E-state index in [0.717, 1.165) is 30.6 Å². The molecule has 2 heteroatoms. The molecule has 0 N–H and O–H groups in total. The molecule has 4 rings (SSSR count). The number of carbonyl (C=O) groups is 1. The summed E-state index contributed by atoms with van der Waals surface area (Å²) in [4.78, 5) is 12.0. The minimum Gasteiger partial charge on any atom is -0.497 e. The Labute approximate surface area is 124 Å². The predicted molar refractivity (Wildman–Crippen MR) is 83.2 cm³/mol. The maximum atomic E-state index is 12.0. The summed E-state index contributed by atoms with van der Waals surface area (Å²) in [5.41, 5.74) is 8.95. The molecule has 0 unspecified atom stereocenters. The van der Waals surface area contributed by atoms with E-state index in [2.05, 4.69) is 25.1 Å². The first-order valence-corrected chi connectivity index (χ1v) is 7.55. The van der Waals surface area contributed by atoms with Crippen molar-refractivity contribution in [3.63, 3.8) is 0 Å². The van der Waals surface area contributed by atoms with E-state index in [0.29, 0.717) is 12.2 Å². The van der Waals surface area contributed by atoms with Gasteiger partial charge in [0.05, 0.1) is 7.11 Å². The number of ketones is 1. The summed E-state index contributed by atoms with van der Waals surface area (Å²) in [5, 5.41) is 0. The molecule has 0 aliphatic heterocycles. The van der Waals surface area contributed by atoms with Crippen LogP contribution in [0.2, 0.25) is 0 Å². The fraction of sp³-hybridized carbons (Fsp3) is 0.316. The van der Waals surface area contributed by atoms with E-state index in [1.807, 2.05) is 6.07 Å². The molecule has 0 saturated heterocycles. The minimum atomic E-state index is 0.316. The van der Waals surface area contributed by atoms with Crippen molar-refractivity contribution in [2.75, 3.05) is 7.11 Å². The van der Waals surface area contributed by atoms with Gasteiger partial charge in [0.2, 0.25) is 0 Å². The second-order valence-corrected chi connectivity index (χ2v) is 6.02. The van der Waals surface area contributed by atoms with Gasteiger partial charge in [-0.15, -0.1) is 0 Å². The molecule has 2 aromatic carbocycles. The molecule has 0 atom stereocenters. The number of carbonyl (C=O) groups excluding carboxylic acids is 1. The Kier molecular flexibility index (Phi) is 2.68. The van der Waals surface area contributed by atoms with Crippen LogP contribution in [0.5, 0.6) is 5.75 Å². The number of ether oxygens (including phenoxy) is 1. The van der Waals surface area contributed by atoms with Crippen LogP contribution in [0.3, 0.4) is 0 Å². The van der Waals surface area contributed by atoms with E-state index in [1.165, 1.54) is 33.4 Å². The third-order valence-electron chi connectivity index (χ3n) is 4.87. The Morgan fingerprint density at radius 3 is 2.57 bits per heavy atom. The van der Waals surface area contributed by atoms with Gasteiger partial charge in [-0.25, -0.2) is 0 Å². The van der Waals surface area contributed by atoms with Crippen LogP contribution in [0.25, 0.3) is 11.1 Å². The highest BCUT2D eigenvalue weighted by Gasteiger charge is 2.28. The third kappa shape index (κ3) is 1.75. The highest BCUT2D eigenvalue weighted by molar-refractivity contribution is 6.02. The molecule has 0 amide bonds. The molecule has 21 heavy (non-hydrogen) atoms. The van der Waals surface area contributed by atoms with E-state index in [9.17, 15) is 4.79 Å². The van der Waals surface area contributed by atoms with Crippen molar-refractivity contribution in [1.82, 2.24) is 0 Å². The normalized spacial score (nSPS) is 15.4. The largest absolute Gasteiger partial charge is 0.497 e. The quantitative estimate of drug-likeness (QED) is 0.791. The Morgan fingerprint density at radius 2 is 1.76 bits per heavy atom. The van der Waals surface area contributed by atoms with E-state index in [4.69, 9.17) is 4.74 Å². The standard InChI is InChI=1S/C19H18O2/c1-11-9-17-15(7-8-18(17)20)16-5-3-12-10-13(21-2)4-6-14(12)19(11)16/h4,6,9-10H,3,5,7-8H2,1-2H3. The molecule has 0 fully saturated rings. The van der Waals surface area contributed by atoms with Gasteiger partial charge in [-0.2, -0.15) is 0 Å². The zero-order valence-electron chi connectivity index (χ0n) is 12.5. The minimum absolute atomic E-state index is 0.316.